The van der Waals surface area contributed by atoms with Gasteiger partial charge in [0.15, 0.2) is 0 Å². The van der Waals surface area contributed by atoms with Gasteiger partial charge in [0.25, 0.3) is 0 Å². The molecule has 0 spiro atoms. The summed E-state index contributed by atoms with van der Waals surface area (Å²) in [5.41, 5.74) is 11.6. The van der Waals surface area contributed by atoms with Gasteiger partial charge >= 0.3 is 0 Å². The smallest absolute Gasteiger partial charge is 0.146 e. The van der Waals surface area contributed by atoms with Gasteiger partial charge in [0, 0.05) is 11.1 Å². The van der Waals surface area contributed by atoms with Gasteiger partial charge in [-0.1, -0.05) is 153 Å². The highest BCUT2D eigenvalue weighted by Gasteiger charge is 2.32. The van der Waals surface area contributed by atoms with Crippen LogP contribution in [0.4, 0.5) is 0 Å². The van der Waals surface area contributed by atoms with Crippen molar-refractivity contribution in [2.75, 3.05) is 14.2 Å². The van der Waals surface area contributed by atoms with Crippen LogP contribution in [0.3, 0.4) is 0 Å². The molecule has 0 atom stereocenters. The van der Waals surface area contributed by atoms with Crippen molar-refractivity contribution in [3.05, 3.63) is 152 Å². The lowest BCUT2D eigenvalue weighted by Gasteiger charge is -2.30. The van der Waals surface area contributed by atoms with Gasteiger partial charge in [-0.3, -0.25) is 0 Å². The topological polar surface area (TPSA) is 18.5 Å². The zero-order chi connectivity index (χ0) is 37.4. The Balaban J connectivity index is 1.80. The largest absolute Gasteiger partial charge is 0.495 e. The lowest BCUT2D eigenvalue weighted by atomic mass is 10.0. The number of halogens is 2. The predicted molar refractivity (Wildman–Crippen MR) is 230 cm³/mol. The van der Waals surface area contributed by atoms with Gasteiger partial charge in [0.05, 0.1) is 24.3 Å². The maximum atomic E-state index is 7.15. The van der Waals surface area contributed by atoms with Gasteiger partial charge in [-0.2, -0.15) is 0 Å². The molecule has 0 amide bonds. The second-order valence-electron chi connectivity index (χ2n) is 14.0. The molecule has 0 saturated carbocycles. The van der Waals surface area contributed by atoms with Gasteiger partial charge in [-0.15, -0.1) is 0 Å². The first-order valence-corrected chi connectivity index (χ1v) is 20.9. The first-order valence-electron chi connectivity index (χ1n) is 17.4. The minimum absolute atomic E-state index is 0.534. The molecule has 0 aromatic heterocycles. The summed E-state index contributed by atoms with van der Waals surface area (Å²) in [6.07, 6.45) is 0. The Bertz CT molecular complexity index is 1970. The summed E-state index contributed by atoms with van der Waals surface area (Å²) >= 11 is 14.3. The highest BCUT2D eigenvalue weighted by atomic mass is 35.5. The maximum Gasteiger partial charge on any atom is 0.146 e. The van der Waals surface area contributed by atoms with Gasteiger partial charge < -0.3 is 9.47 Å². The first-order chi connectivity index (χ1) is 24.8. The quantitative estimate of drug-likeness (QED) is 0.137. The van der Waals surface area contributed by atoms with Crippen LogP contribution in [0.5, 0.6) is 11.5 Å². The van der Waals surface area contributed by atoms with Crippen molar-refractivity contribution in [3.63, 3.8) is 0 Å². The van der Waals surface area contributed by atoms with E-state index in [0.29, 0.717) is 21.5 Å². The standard InChI is InChI=1S/C46H46Cl2O2P2/c1-27-15-28(2)20-35(19-27)51(36-21-29(3)16-30(4)22-36)41-13-11-39(47)45(49-9)43(41)44-42(14-12-40(48)46(44)50-10)52(37-23-31(5)17-32(6)24-37)38-25-33(7)18-34(8)26-38/h11-26H,1-10H3. The molecule has 0 fully saturated rings. The van der Waals surface area contributed by atoms with Crippen LogP contribution in [0.2, 0.25) is 10.0 Å². The first kappa shape index (κ1) is 38.1. The van der Waals surface area contributed by atoms with Crippen molar-refractivity contribution in [2.45, 2.75) is 55.4 Å². The van der Waals surface area contributed by atoms with E-state index >= 15 is 0 Å². The third kappa shape index (κ3) is 7.83. The van der Waals surface area contributed by atoms with E-state index in [0.717, 1.165) is 21.7 Å². The third-order valence-electron chi connectivity index (χ3n) is 9.17. The molecule has 0 aliphatic carbocycles. The Morgan fingerprint density at radius 1 is 0.365 bits per heavy atom. The Morgan fingerprint density at radius 2 is 0.596 bits per heavy atom. The Kier molecular flexibility index (Phi) is 11.5. The monoisotopic (exact) mass is 762 g/mol. The zero-order valence-corrected chi connectivity index (χ0v) is 35.0. The molecule has 0 radical (unpaired) electrons. The van der Waals surface area contributed by atoms with Crippen LogP contribution >= 0.6 is 39.0 Å². The van der Waals surface area contributed by atoms with E-state index in [-0.39, 0.29) is 0 Å². The summed E-state index contributed by atoms with van der Waals surface area (Å²) in [5, 5.41) is 8.37. The molecule has 0 N–H and O–H groups in total. The molecule has 0 heterocycles. The minimum Gasteiger partial charge on any atom is -0.495 e. The molecular weight excluding hydrogens is 717 g/mol. The average molecular weight is 764 g/mol. The van der Waals surface area contributed by atoms with E-state index < -0.39 is 15.8 Å². The van der Waals surface area contributed by atoms with Crippen LogP contribution in [0, 0.1) is 55.4 Å². The van der Waals surface area contributed by atoms with Crippen LogP contribution in [-0.2, 0) is 0 Å². The number of hydrogen-bond acceptors (Lipinski definition) is 2. The van der Waals surface area contributed by atoms with Gasteiger partial charge in [-0.25, -0.2) is 0 Å². The van der Waals surface area contributed by atoms with Gasteiger partial charge in [0.1, 0.15) is 11.5 Å². The van der Waals surface area contributed by atoms with E-state index in [4.69, 9.17) is 32.7 Å². The fraction of sp³-hybridized carbons (Fsp3) is 0.217. The molecule has 0 unspecified atom stereocenters. The minimum atomic E-state index is -1.11. The normalized spacial score (nSPS) is 11.4. The second-order valence-corrected chi connectivity index (χ2v) is 19.2. The Morgan fingerprint density at radius 3 is 0.808 bits per heavy atom. The molecule has 6 heteroatoms. The molecule has 6 rings (SSSR count). The van der Waals surface area contributed by atoms with Crippen LogP contribution in [0.25, 0.3) is 11.1 Å². The van der Waals surface area contributed by atoms with E-state index in [1.54, 1.807) is 14.2 Å². The number of ether oxygens (including phenoxy) is 2. The van der Waals surface area contributed by atoms with E-state index in [1.165, 1.54) is 65.7 Å². The highest BCUT2D eigenvalue weighted by Crippen LogP contribution is 2.50. The molecule has 6 aromatic rings. The number of benzene rings is 6. The lowest BCUT2D eigenvalue weighted by Crippen LogP contribution is -2.27. The predicted octanol–water partition coefficient (Wildman–Crippen LogP) is 10.7. The molecule has 0 saturated heterocycles. The molecule has 266 valence electrons. The number of aryl methyl sites for hydroxylation is 8. The highest BCUT2D eigenvalue weighted by molar-refractivity contribution is 7.80. The summed E-state index contributed by atoms with van der Waals surface area (Å²) in [6, 6.07) is 35.9. The van der Waals surface area contributed by atoms with Crippen LogP contribution in [0.15, 0.2) is 97.1 Å². The van der Waals surface area contributed by atoms with E-state index in [9.17, 15) is 0 Å². The molecule has 0 aliphatic heterocycles. The van der Waals surface area contributed by atoms with Crippen molar-refractivity contribution in [1.29, 1.82) is 0 Å². The van der Waals surface area contributed by atoms with Crippen molar-refractivity contribution in [2.24, 2.45) is 0 Å². The Labute approximate surface area is 322 Å². The zero-order valence-electron chi connectivity index (χ0n) is 31.7. The van der Waals surface area contributed by atoms with Crippen molar-refractivity contribution in [1.82, 2.24) is 0 Å². The fourth-order valence-electron chi connectivity index (χ4n) is 7.52. The van der Waals surface area contributed by atoms with Crippen molar-refractivity contribution >= 4 is 70.9 Å². The summed E-state index contributed by atoms with van der Waals surface area (Å²) in [7, 11) is 1.20. The second kappa shape index (κ2) is 15.8. The summed E-state index contributed by atoms with van der Waals surface area (Å²) < 4.78 is 12.7. The Hall–Kier alpha value is -3.64. The summed E-state index contributed by atoms with van der Waals surface area (Å²) in [4.78, 5) is 0. The van der Waals surface area contributed by atoms with Crippen LogP contribution in [-0.4, -0.2) is 14.2 Å². The van der Waals surface area contributed by atoms with E-state index in [1.807, 2.05) is 12.1 Å². The summed E-state index contributed by atoms with van der Waals surface area (Å²) in [6.45, 7) is 17.4. The van der Waals surface area contributed by atoms with E-state index in [2.05, 4.69) is 140 Å². The van der Waals surface area contributed by atoms with Crippen molar-refractivity contribution < 1.29 is 9.47 Å². The molecule has 0 bridgehead atoms. The van der Waals surface area contributed by atoms with Crippen molar-refractivity contribution in [3.8, 4) is 22.6 Å². The number of methoxy groups -OCH3 is 2. The average Bonchev–Trinajstić information content (AvgIpc) is 3.04. The molecular formula is C46H46Cl2O2P2. The van der Waals surface area contributed by atoms with Gasteiger partial charge in [0.2, 0.25) is 0 Å². The number of hydrogen-bond donors (Lipinski definition) is 0. The number of rotatable bonds is 9. The van der Waals surface area contributed by atoms with Gasteiger partial charge in [-0.05, 0) is 115 Å². The molecule has 6 aromatic carbocycles. The fourth-order valence-corrected chi connectivity index (χ4v) is 13.7. The third-order valence-corrected chi connectivity index (χ3v) is 14.6. The SMILES string of the molecule is COc1c(Cl)ccc(P(c2cc(C)cc(C)c2)c2cc(C)cc(C)c2)c1-c1c(P(c2cc(C)cc(C)c2)c2cc(C)cc(C)c2)ccc(Cl)c1OC. The lowest BCUT2D eigenvalue weighted by molar-refractivity contribution is 0.411. The molecule has 0 aliphatic rings. The maximum absolute atomic E-state index is 7.15. The summed E-state index contributed by atoms with van der Waals surface area (Å²) in [5.74, 6) is 1.22. The molecule has 2 nitrogen and oxygen atoms in total. The van der Waals surface area contributed by atoms with Crippen LogP contribution in [0.1, 0.15) is 44.5 Å². The molecule has 52 heavy (non-hydrogen) atoms. The van der Waals surface area contributed by atoms with Crippen LogP contribution < -0.4 is 41.3 Å².